The highest BCUT2D eigenvalue weighted by Crippen LogP contribution is 2.43. The molecule has 0 N–H and O–H groups in total. The predicted molar refractivity (Wildman–Crippen MR) is 80.6 cm³/mol. The molecule has 0 unspecified atom stereocenters. The number of carbonyl (C=O) groups excluding carboxylic acids is 1. The van der Waals surface area contributed by atoms with E-state index in [4.69, 9.17) is 9.47 Å². The molecule has 1 saturated carbocycles. The van der Waals surface area contributed by atoms with Crippen molar-refractivity contribution in [1.29, 1.82) is 0 Å². The standard InChI is InChI=1S/C16H23N3O3/c1-11-13(9-17-10-18-11)15(20)19-7-6-16(22-3)5-4-12(21-2)8-14(16)19/h9-10,12,14H,4-8H2,1-3H3/t12-,14-,16+/m0/s1. The van der Waals surface area contributed by atoms with Crippen LogP contribution in [0.4, 0.5) is 0 Å². The Kier molecular flexibility index (Phi) is 4.14. The van der Waals surface area contributed by atoms with Crippen molar-refractivity contribution in [2.45, 2.75) is 50.4 Å². The van der Waals surface area contributed by atoms with Gasteiger partial charge in [0.15, 0.2) is 0 Å². The van der Waals surface area contributed by atoms with Crippen LogP contribution in [0.15, 0.2) is 12.5 Å². The van der Waals surface area contributed by atoms with Crippen LogP contribution in [0.3, 0.4) is 0 Å². The van der Waals surface area contributed by atoms with Gasteiger partial charge in [-0.05, 0) is 32.6 Å². The van der Waals surface area contributed by atoms with Crippen LogP contribution in [-0.2, 0) is 9.47 Å². The van der Waals surface area contributed by atoms with Gasteiger partial charge in [-0.1, -0.05) is 0 Å². The molecule has 1 amide bonds. The van der Waals surface area contributed by atoms with Gasteiger partial charge in [-0.3, -0.25) is 4.79 Å². The molecular weight excluding hydrogens is 282 g/mol. The van der Waals surface area contributed by atoms with Crippen LogP contribution < -0.4 is 0 Å². The van der Waals surface area contributed by atoms with E-state index in [9.17, 15) is 4.79 Å². The van der Waals surface area contributed by atoms with E-state index in [2.05, 4.69) is 9.97 Å². The van der Waals surface area contributed by atoms with Gasteiger partial charge in [0, 0.05) is 27.0 Å². The minimum Gasteiger partial charge on any atom is -0.381 e. The molecule has 6 heteroatoms. The van der Waals surface area contributed by atoms with Crippen molar-refractivity contribution < 1.29 is 14.3 Å². The van der Waals surface area contributed by atoms with E-state index in [1.165, 1.54) is 6.33 Å². The van der Waals surface area contributed by atoms with E-state index >= 15 is 0 Å². The van der Waals surface area contributed by atoms with Crippen LogP contribution in [0, 0.1) is 6.92 Å². The number of carbonyl (C=O) groups is 1. The van der Waals surface area contributed by atoms with Crippen LogP contribution in [0.5, 0.6) is 0 Å². The molecule has 2 fully saturated rings. The molecular formula is C16H23N3O3. The highest BCUT2D eigenvalue weighted by atomic mass is 16.5. The maximum Gasteiger partial charge on any atom is 0.257 e. The summed E-state index contributed by atoms with van der Waals surface area (Å²) in [6.45, 7) is 2.55. The summed E-state index contributed by atoms with van der Waals surface area (Å²) in [6, 6.07) is 0.0586. The lowest BCUT2D eigenvalue weighted by Crippen LogP contribution is -2.53. The first kappa shape index (κ1) is 15.4. The topological polar surface area (TPSA) is 64.6 Å². The molecule has 1 aliphatic heterocycles. The van der Waals surface area contributed by atoms with Gasteiger partial charge in [0.1, 0.15) is 6.33 Å². The Balaban J connectivity index is 1.88. The first-order valence-electron chi connectivity index (χ1n) is 7.77. The summed E-state index contributed by atoms with van der Waals surface area (Å²) in [5.41, 5.74) is 1.07. The van der Waals surface area contributed by atoms with Crippen LogP contribution in [0.2, 0.25) is 0 Å². The van der Waals surface area contributed by atoms with Crippen molar-refractivity contribution in [3.8, 4) is 0 Å². The summed E-state index contributed by atoms with van der Waals surface area (Å²) in [6.07, 6.45) is 6.88. The summed E-state index contributed by atoms with van der Waals surface area (Å²) in [7, 11) is 3.49. The quantitative estimate of drug-likeness (QED) is 0.848. The molecule has 120 valence electrons. The first-order chi connectivity index (χ1) is 10.6. The largest absolute Gasteiger partial charge is 0.381 e. The number of aryl methyl sites for hydroxylation is 1. The van der Waals surface area contributed by atoms with Crippen molar-refractivity contribution in [2.24, 2.45) is 0 Å². The number of aromatic nitrogens is 2. The van der Waals surface area contributed by atoms with Crippen LogP contribution in [0.25, 0.3) is 0 Å². The maximum absolute atomic E-state index is 12.9. The molecule has 1 aromatic rings. The van der Waals surface area contributed by atoms with Crippen molar-refractivity contribution in [3.63, 3.8) is 0 Å². The van der Waals surface area contributed by atoms with Gasteiger partial charge in [-0.25, -0.2) is 9.97 Å². The van der Waals surface area contributed by atoms with Gasteiger partial charge in [-0.2, -0.15) is 0 Å². The number of likely N-dealkylation sites (tertiary alicyclic amines) is 1. The monoisotopic (exact) mass is 305 g/mol. The summed E-state index contributed by atoms with van der Waals surface area (Å²) in [5, 5.41) is 0. The third-order valence-electron chi connectivity index (χ3n) is 5.28. The minimum atomic E-state index is -0.228. The summed E-state index contributed by atoms with van der Waals surface area (Å²) in [4.78, 5) is 23.0. The molecule has 2 heterocycles. The molecule has 22 heavy (non-hydrogen) atoms. The first-order valence-corrected chi connectivity index (χ1v) is 7.77. The van der Waals surface area contributed by atoms with Gasteiger partial charge in [-0.15, -0.1) is 0 Å². The Morgan fingerprint density at radius 1 is 1.41 bits per heavy atom. The van der Waals surface area contributed by atoms with Crippen molar-refractivity contribution in [2.75, 3.05) is 20.8 Å². The van der Waals surface area contributed by atoms with Crippen LogP contribution in [0.1, 0.15) is 41.7 Å². The number of nitrogens with zero attached hydrogens (tertiary/aromatic N) is 3. The van der Waals surface area contributed by atoms with E-state index in [0.717, 1.165) is 25.7 Å². The SMILES string of the molecule is CO[C@H]1CC[C@@]2(OC)CCN(C(=O)c3cncnc3C)[C@H]2C1. The Morgan fingerprint density at radius 2 is 2.23 bits per heavy atom. The number of rotatable bonds is 3. The molecule has 1 aromatic heterocycles. The predicted octanol–water partition coefficient (Wildman–Crippen LogP) is 1.58. The second-order valence-electron chi connectivity index (χ2n) is 6.19. The molecule has 6 nitrogen and oxygen atoms in total. The molecule has 0 aromatic carbocycles. The molecule has 0 bridgehead atoms. The average Bonchev–Trinajstić information content (AvgIpc) is 2.93. The smallest absolute Gasteiger partial charge is 0.257 e. The summed E-state index contributed by atoms with van der Waals surface area (Å²) < 4.78 is 11.4. The zero-order chi connectivity index (χ0) is 15.7. The lowest BCUT2D eigenvalue weighted by Gasteiger charge is -2.43. The van der Waals surface area contributed by atoms with E-state index in [0.29, 0.717) is 17.8 Å². The number of amides is 1. The van der Waals surface area contributed by atoms with Crippen molar-refractivity contribution in [3.05, 3.63) is 23.8 Å². The lowest BCUT2D eigenvalue weighted by atomic mass is 9.79. The maximum atomic E-state index is 12.9. The Morgan fingerprint density at radius 3 is 2.91 bits per heavy atom. The molecule has 3 rings (SSSR count). The molecule has 2 aliphatic rings. The number of hydrogen-bond donors (Lipinski definition) is 0. The third-order valence-corrected chi connectivity index (χ3v) is 5.28. The molecule has 1 saturated heterocycles. The third kappa shape index (κ3) is 2.40. The average molecular weight is 305 g/mol. The molecule has 0 spiro atoms. The normalized spacial score (nSPS) is 31.1. The molecule has 3 atom stereocenters. The molecule has 0 radical (unpaired) electrons. The van der Waals surface area contributed by atoms with Crippen LogP contribution >= 0.6 is 0 Å². The Labute approximate surface area is 130 Å². The van der Waals surface area contributed by atoms with Gasteiger partial charge in [0.2, 0.25) is 0 Å². The van der Waals surface area contributed by atoms with Crippen molar-refractivity contribution in [1.82, 2.24) is 14.9 Å². The number of methoxy groups -OCH3 is 2. The van der Waals surface area contributed by atoms with Gasteiger partial charge >= 0.3 is 0 Å². The fourth-order valence-corrected chi connectivity index (χ4v) is 3.87. The summed E-state index contributed by atoms with van der Waals surface area (Å²) in [5.74, 6) is -0.00113. The molecule has 1 aliphatic carbocycles. The fraction of sp³-hybridized carbons (Fsp3) is 0.688. The number of fused-ring (bicyclic) bond motifs is 1. The van der Waals surface area contributed by atoms with Gasteiger partial charge in [0.25, 0.3) is 5.91 Å². The van der Waals surface area contributed by atoms with E-state index in [1.54, 1.807) is 20.4 Å². The Bertz CT molecular complexity index is 565. The summed E-state index contributed by atoms with van der Waals surface area (Å²) >= 11 is 0. The highest BCUT2D eigenvalue weighted by molar-refractivity contribution is 5.95. The lowest BCUT2D eigenvalue weighted by molar-refractivity contribution is -0.0893. The van der Waals surface area contributed by atoms with Crippen LogP contribution in [-0.4, -0.2) is 59.3 Å². The van der Waals surface area contributed by atoms with Gasteiger partial charge in [0.05, 0.1) is 29.0 Å². The Hall–Kier alpha value is -1.53. The van der Waals surface area contributed by atoms with Gasteiger partial charge < -0.3 is 14.4 Å². The zero-order valence-corrected chi connectivity index (χ0v) is 13.4. The fourth-order valence-electron chi connectivity index (χ4n) is 3.87. The van der Waals surface area contributed by atoms with E-state index in [-0.39, 0.29) is 23.7 Å². The number of ether oxygens (including phenoxy) is 2. The highest BCUT2D eigenvalue weighted by Gasteiger charge is 2.52. The zero-order valence-electron chi connectivity index (χ0n) is 13.4. The van der Waals surface area contributed by atoms with Crippen molar-refractivity contribution >= 4 is 5.91 Å². The minimum absolute atomic E-state index is 0.00113. The number of hydrogen-bond acceptors (Lipinski definition) is 5. The van der Waals surface area contributed by atoms with E-state index in [1.807, 2.05) is 11.8 Å². The second-order valence-corrected chi connectivity index (χ2v) is 6.19. The van der Waals surface area contributed by atoms with E-state index < -0.39 is 0 Å². The second kappa shape index (κ2) is 5.93.